The summed E-state index contributed by atoms with van der Waals surface area (Å²) in [5.41, 5.74) is 3.24. The first-order valence-electron chi connectivity index (χ1n) is 5.46. The Bertz CT molecular complexity index is 455. The van der Waals surface area contributed by atoms with E-state index in [-0.39, 0.29) is 12.3 Å². The number of ether oxygens (including phenoxy) is 1. The third-order valence-corrected chi connectivity index (χ3v) is 3.55. The van der Waals surface area contributed by atoms with Gasteiger partial charge in [-0.3, -0.25) is 4.79 Å². The minimum atomic E-state index is -0.00755. The van der Waals surface area contributed by atoms with Crippen molar-refractivity contribution in [1.82, 2.24) is 5.32 Å². The van der Waals surface area contributed by atoms with Crippen molar-refractivity contribution in [2.24, 2.45) is 0 Å². The summed E-state index contributed by atoms with van der Waals surface area (Å²) in [5.74, 6) is 0.622. The van der Waals surface area contributed by atoms with Gasteiger partial charge in [0.15, 0.2) is 5.78 Å². The van der Waals surface area contributed by atoms with Crippen LogP contribution >= 0.6 is 11.6 Å². The SMILES string of the molecule is CNCC(=O)c1c(C)c(Cl)c(C)c(C)c1OC. The first-order chi connectivity index (χ1) is 7.95. The molecule has 4 heteroatoms. The maximum atomic E-state index is 12.1. The summed E-state index contributed by atoms with van der Waals surface area (Å²) in [6.07, 6.45) is 0. The summed E-state index contributed by atoms with van der Waals surface area (Å²) in [6.45, 7) is 5.96. The number of halogens is 1. The van der Waals surface area contributed by atoms with E-state index in [1.807, 2.05) is 20.8 Å². The van der Waals surface area contributed by atoms with Crippen LogP contribution in [-0.2, 0) is 0 Å². The lowest BCUT2D eigenvalue weighted by Crippen LogP contribution is -2.20. The van der Waals surface area contributed by atoms with E-state index in [0.29, 0.717) is 16.3 Å². The van der Waals surface area contributed by atoms with Crippen LogP contribution < -0.4 is 10.1 Å². The van der Waals surface area contributed by atoms with E-state index in [0.717, 1.165) is 16.7 Å². The maximum Gasteiger partial charge on any atom is 0.180 e. The molecule has 0 aliphatic carbocycles. The Balaban J connectivity index is 3.52. The van der Waals surface area contributed by atoms with Crippen molar-refractivity contribution in [3.8, 4) is 5.75 Å². The number of hydrogen-bond donors (Lipinski definition) is 1. The number of likely N-dealkylation sites (N-methyl/N-ethyl adjacent to an activating group) is 1. The molecule has 0 bridgehead atoms. The number of ketones is 1. The normalized spacial score (nSPS) is 10.5. The fourth-order valence-corrected chi connectivity index (χ4v) is 2.16. The van der Waals surface area contributed by atoms with Gasteiger partial charge < -0.3 is 10.1 Å². The Morgan fingerprint density at radius 1 is 1.24 bits per heavy atom. The van der Waals surface area contributed by atoms with Crippen LogP contribution in [0, 0.1) is 20.8 Å². The van der Waals surface area contributed by atoms with Gasteiger partial charge in [-0.05, 0) is 44.5 Å². The molecule has 1 rings (SSSR count). The molecular weight excluding hydrogens is 238 g/mol. The van der Waals surface area contributed by atoms with Gasteiger partial charge >= 0.3 is 0 Å². The average Bonchev–Trinajstić information content (AvgIpc) is 2.31. The van der Waals surface area contributed by atoms with Crippen LogP contribution in [-0.4, -0.2) is 26.5 Å². The van der Waals surface area contributed by atoms with E-state index in [1.165, 1.54) is 0 Å². The topological polar surface area (TPSA) is 38.3 Å². The molecule has 17 heavy (non-hydrogen) atoms. The minimum absolute atomic E-state index is 0.00755. The van der Waals surface area contributed by atoms with E-state index in [9.17, 15) is 4.79 Å². The third kappa shape index (κ3) is 2.45. The predicted octanol–water partition coefficient (Wildman–Crippen LogP) is 2.68. The molecule has 1 aromatic carbocycles. The molecule has 0 aromatic heterocycles. The fourth-order valence-electron chi connectivity index (χ4n) is 1.92. The summed E-state index contributed by atoms with van der Waals surface area (Å²) in [4.78, 5) is 12.1. The molecule has 1 N–H and O–H groups in total. The highest BCUT2D eigenvalue weighted by atomic mass is 35.5. The molecule has 0 fully saturated rings. The van der Waals surface area contributed by atoms with E-state index in [4.69, 9.17) is 16.3 Å². The summed E-state index contributed by atoms with van der Waals surface area (Å²) >= 11 is 6.23. The van der Waals surface area contributed by atoms with Crippen LogP contribution in [0.2, 0.25) is 5.02 Å². The smallest absolute Gasteiger partial charge is 0.180 e. The van der Waals surface area contributed by atoms with Gasteiger partial charge in [-0.15, -0.1) is 0 Å². The minimum Gasteiger partial charge on any atom is -0.496 e. The Labute approximate surface area is 107 Å². The molecule has 94 valence electrons. The first kappa shape index (κ1) is 14.0. The molecule has 0 atom stereocenters. The molecule has 0 aliphatic heterocycles. The van der Waals surface area contributed by atoms with Crippen LogP contribution in [0.1, 0.15) is 27.0 Å². The van der Waals surface area contributed by atoms with Gasteiger partial charge in [-0.2, -0.15) is 0 Å². The number of nitrogens with one attached hydrogen (secondary N) is 1. The Hall–Kier alpha value is -1.06. The van der Waals surface area contributed by atoms with Crippen LogP contribution in [0.15, 0.2) is 0 Å². The highest BCUT2D eigenvalue weighted by Gasteiger charge is 2.21. The summed E-state index contributed by atoms with van der Waals surface area (Å²) < 4.78 is 5.35. The monoisotopic (exact) mass is 255 g/mol. The molecule has 1 aromatic rings. The quantitative estimate of drug-likeness (QED) is 0.841. The largest absolute Gasteiger partial charge is 0.496 e. The van der Waals surface area contributed by atoms with Crippen molar-refractivity contribution in [3.63, 3.8) is 0 Å². The molecular formula is C13H18ClNO2. The van der Waals surface area contributed by atoms with Crippen LogP contribution in [0.4, 0.5) is 0 Å². The predicted molar refractivity (Wildman–Crippen MR) is 70.5 cm³/mol. The van der Waals surface area contributed by atoms with E-state index in [2.05, 4.69) is 5.32 Å². The van der Waals surface area contributed by atoms with E-state index in [1.54, 1.807) is 14.2 Å². The molecule has 0 unspecified atom stereocenters. The van der Waals surface area contributed by atoms with Gasteiger partial charge in [-0.25, -0.2) is 0 Å². The maximum absolute atomic E-state index is 12.1. The van der Waals surface area contributed by atoms with Crippen molar-refractivity contribution in [1.29, 1.82) is 0 Å². The highest BCUT2D eigenvalue weighted by Crippen LogP contribution is 2.35. The number of methoxy groups -OCH3 is 1. The van der Waals surface area contributed by atoms with Crippen molar-refractivity contribution in [3.05, 3.63) is 27.3 Å². The number of benzene rings is 1. The van der Waals surface area contributed by atoms with Crippen LogP contribution in [0.3, 0.4) is 0 Å². The van der Waals surface area contributed by atoms with Gasteiger partial charge in [0.2, 0.25) is 0 Å². The molecule has 0 saturated carbocycles. The van der Waals surface area contributed by atoms with Crippen molar-refractivity contribution in [2.45, 2.75) is 20.8 Å². The average molecular weight is 256 g/mol. The van der Waals surface area contributed by atoms with Crippen LogP contribution in [0.25, 0.3) is 0 Å². The Morgan fingerprint density at radius 2 is 1.82 bits per heavy atom. The summed E-state index contributed by atoms with van der Waals surface area (Å²) in [5, 5.41) is 3.49. The third-order valence-electron chi connectivity index (χ3n) is 2.98. The lowest BCUT2D eigenvalue weighted by Gasteiger charge is -2.17. The van der Waals surface area contributed by atoms with E-state index >= 15 is 0 Å². The Kier molecular flexibility index (Phi) is 4.54. The summed E-state index contributed by atoms with van der Waals surface area (Å²) in [7, 11) is 3.31. The zero-order valence-corrected chi connectivity index (χ0v) is 11.7. The van der Waals surface area contributed by atoms with Crippen molar-refractivity contribution >= 4 is 17.4 Å². The number of carbonyl (C=O) groups excluding carboxylic acids is 1. The van der Waals surface area contributed by atoms with Crippen molar-refractivity contribution in [2.75, 3.05) is 20.7 Å². The Morgan fingerprint density at radius 3 is 2.29 bits per heavy atom. The first-order valence-corrected chi connectivity index (χ1v) is 5.84. The van der Waals surface area contributed by atoms with Gasteiger partial charge in [0.25, 0.3) is 0 Å². The van der Waals surface area contributed by atoms with Gasteiger partial charge in [0.05, 0.1) is 19.2 Å². The second-order valence-electron chi connectivity index (χ2n) is 4.05. The number of Topliss-reactive ketones (excluding diaryl/α,β-unsaturated/α-hetero) is 1. The summed E-state index contributed by atoms with van der Waals surface area (Å²) in [6, 6.07) is 0. The number of rotatable bonds is 4. The standard InChI is InChI=1S/C13H18ClNO2/c1-7-8(2)13(17-5)11(9(3)12(7)14)10(16)6-15-4/h15H,6H2,1-5H3. The molecule has 0 heterocycles. The van der Waals surface area contributed by atoms with Gasteiger partial charge in [-0.1, -0.05) is 11.6 Å². The molecule has 0 aliphatic rings. The molecule has 0 saturated heterocycles. The van der Waals surface area contributed by atoms with Crippen molar-refractivity contribution < 1.29 is 9.53 Å². The number of hydrogen-bond acceptors (Lipinski definition) is 3. The zero-order valence-electron chi connectivity index (χ0n) is 10.9. The highest BCUT2D eigenvalue weighted by molar-refractivity contribution is 6.33. The lowest BCUT2D eigenvalue weighted by molar-refractivity contribution is 0.0990. The fraction of sp³-hybridized carbons (Fsp3) is 0.462. The van der Waals surface area contributed by atoms with E-state index < -0.39 is 0 Å². The van der Waals surface area contributed by atoms with Gasteiger partial charge in [0.1, 0.15) is 5.75 Å². The molecule has 3 nitrogen and oxygen atoms in total. The second-order valence-corrected chi connectivity index (χ2v) is 4.43. The van der Waals surface area contributed by atoms with Crippen LogP contribution in [0.5, 0.6) is 5.75 Å². The molecule has 0 amide bonds. The van der Waals surface area contributed by atoms with Gasteiger partial charge in [0, 0.05) is 5.02 Å². The lowest BCUT2D eigenvalue weighted by atomic mass is 9.96. The molecule has 0 radical (unpaired) electrons. The second kappa shape index (κ2) is 5.52. The number of carbonyl (C=O) groups is 1. The zero-order chi connectivity index (χ0) is 13.2. The molecule has 0 spiro atoms.